The van der Waals surface area contributed by atoms with Gasteiger partial charge in [-0.2, -0.15) is 0 Å². The van der Waals surface area contributed by atoms with Gasteiger partial charge in [-0.1, -0.05) is 20.8 Å². The number of carbonyl (C=O) groups excluding carboxylic acids is 1. The SMILES string of the molecule is COc1cc(C=O)cc(C2CC2)c1O[Si](C)(C)C(C)(C)C. The van der Waals surface area contributed by atoms with Crippen molar-refractivity contribution in [2.24, 2.45) is 0 Å². The molecule has 1 aromatic rings. The van der Waals surface area contributed by atoms with E-state index in [9.17, 15) is 4.79 Å². The summed E-state index contributed by atoms with van der Waals surface area (Å²) in [7, 11) is -0.301. The van der Waals surface area contributed by atoms with E-state index in [1.165, 1.54) is 12.8 Å². The molecular formula is C17H26O3Si. The molecule has 1 aliphatic carbocycles. The summed E-state index contributed by atoms with van der Waals surface area (Å²) in [6, 6.07) is 3.75. The van der Waals surface area contributed by atoms with Crippen LogP contribution in [0, 0.1) is 0 Å². The molecule has 1 aliphatic rings. The maximum absolute atomic E-state index is 11.1. The van der Waals surface area contributed by atoms with Crippen molar-refractivity contribution in [1.29, 1.82) is 0 Å². The molecule has 3 nitrogen and oxygen atoms in total. The largest absolute Gasteiger partial charge is 0.541 e. The quantitative estimate of drug-likeness (QED) is 0.580. The molecule has 21 heavy (non-hydrogen) atoms. The monoisotopic (exact) mass is 306 g/mol. The van der Waals surface area contributed by atoms with Crippen molar-refractivity contribution in [1.82, 2.24) is 0 Å². The second-order valence-electron chi connectivity index (χ2n) is 7.40. The van der Waals surface area contributed by atoms with Gasteiger partial charge >= 0.3 is 0 Å². The van der Waals surface area contributed by atoms with Crippen LogP contribution in [0.15, 0.2) is 12.1 Å². The second kappa shape index (κ2) is 5.48. The predicted molar refractivity (Wildman–Crippen MR) is 88.2 cm³/mol. The summed E-state index contributed by atoms with van der Waals surface area (Å²) in [4.78, 5) is 11.1. The molecule has 0 bridgehead atoms. The van der Waals surface area contributed by atoms with E-state index in [1.54, 1.807) is 13.2 Å². The maximum atomic E-state index is 11.1. The molecule has 1 aromatic carbocycles. The van der Waals surface area contributed by atoms with Crippen LogP contribution in [0.2, 0.25) is 18.1 Å². The van der Waals surface area contributed by atoms with E-state index < -0.39 is 8.32 Å². The number of ether oxygens (including phenoxy) is 1. The van der Waals surface area contributed by atoms with Crippen molar-refractivity contribution in [2.45, 2.75) is 57.7 Å². The van der Waals surface area contributed by atoms with Gasteiger partial charge in [-0.3, -0.25) is 4.79 Å². The molecule has 0 heterocycles. The first-order valence-electron chi connectivity index (χ1n) is 7.55. The highest BCUT2D eigenvalue weighted by molar-refractivity contribution is 6.74. The van der Waals surface area contributed by atoms with Crippen molar-refractivity contribution >= 4 is 14.6 Å². The number of hydrogen-bond donors (Lipinski definition) is 0. The Balaban J connectivity index is 2.48. The zero-order valence-corrected chi connectivity index (χ0v) is 14.9. The van der Waals surface area contributed by atoms with Crippen LogP contribution in [-0.4, -0.2) is 21.7 Å². The third-order valence-corrected chi connectivity index (χ3v) is 8.97. The Morgan fingerprint density at radius 2 is 1.86 bits per heavy atom. The minimum atomic E-state index is -1.94. The molecule has 4 heteroatoms. The molecule has 0 unspecified atom stereocenters. The van der Waals surface area contributed by atoms with Crippen LogP contribution in [0.3, 0.4) is 0 Å². The number of carbonyl (C=O) groups is 1. The summed E-state index contributed by atoms with van der Waals surface area (Å²) < 4.78 is 12.0. The van der Waals surface area contributed by atoms with E-state index in [2.05, 4.69) is 33.9 Å². The van der Waals surface area contributed by atoms with E-state index in [0.29, 0.717) is 17.2 Å². The maximum Gasteiger partial charge on any atom is 0.250 e. The Morgan fingerprint density at radius 3 is 2.29 bits per heavy atom. The molecule has 0 aromatic heterocycles. The van der Waals surface area contributed by atoms with Gasteiger partial charge in [0.1, 0.15) is 12.0 Å². The van der Waals surface area contributed by atoms with Crippen molar-refractivity contribution in [3.05, 3.63) is 23.3 Å². The molecule has 0 spiro atoms. The van der Waals surface area contributed by atoms with Crippen LogP contribution in [0.5, 0.6) is 11.5 Å². The molecule has 1 saturated carbocycles. The third kappa shape index (κ3) is 3.31. The molecular weight excluding hydrogens is 280 g/mol. The summed E-state index contributed by atoms with van der Waals surface area (Å²) in [5, 5.41) is 0.127. The zero-order chi connectivity index (χ0) is 15.8. The average molecular weight is 306 g/mol. The van der Waals surface area contributed by atoms with Crippen LogP contribution < -0.4 is 9.16 Å². The van der Waals surface area contributed by atoms with Gasteiger partial charge in [0.25, 0.3) is 8.32 Å². The fraction of sp³-hybridized carbons (Fsp3) is 0.588. The molecule has 1 fully saturated rings. The highest BCUT2D eigenvalue weighted by atomic mass is 28.4. The van der Waals surface area contributed by atoms with Crippen LogP contribution in [0.4, 0.5) is 0 Å². The fourth-order valence-electron chi connectivity index (χ4n) is 2.08. The molecule has 0 amide bonds. The summed E-state index contributed by atoms with van der Waals surface area (Å²) in [6.45, 7) is 11.1. The average Bonchev–Trinajstić information content (AvgIpc) is 3.21. The summed E-state index contributed by atoms with van der Waals surface area (Å²) in [5.74, 6) is 2.06. The third-order valence-electron chi connectivity index (χ3n) is 4.64. The van der Waals surface area contributed by atoms with E-state index in [1.807, 2.05) is 6.07 Å². The lowest BCUT2D eigenvalue weighted by Gasteiger charge is -2.37. The standard InChI is InChI=1S/C17H26O3Si/c1-17(2,3)21(5,6)20-16-14(13-7-8-13)9-12(11-18)10-15(16)19-4/h9-11,13H,7-8H2,1-6H3. The number of benzene rings is 1. The normalized spacial score (nSPS) is 15.7. The minimum absolute atomic E-state index is 0.127. The Bertz CT molecular complexity index is 540. The molecule has 116 valence electrons. The van der Waals surface area contributed by atoms with Crippen LogP contribution >= 0.6 is 0 Å². The second-order valence-corrected chi connectivity index (χ2v) is 12.1. The smallest absolute Gasteiger partial charge is 0.250 e. The Kier molecular flexibility index (Phi) is 4.20. The lowest BCUT2D eigenvalue weighted by atomic mass is 10.1. The van der Waals surface area contributed by atoms with Crippen molar-refractivity contribution in [2.75, 3.05) is 7.11 Å². The van der Waals surface area contributed by atoms with Gasteiger partial charge in [0.15, 0.2) is 5.75 Å². The van der Waals surface area contributed by atoms with Crippen LogP contribution in [-0.2, 0) is 0 Å². The van der Waals surface area contributed by atoms with Crippen molar-refractivity contribution in [3.8, 4) is 11.5 Å². The van der Waals surface area contributed by atoms with Crippen molar-refractivity contribution < 1.29 is 14.0 Å². The predicted octanol–water partition coefficient (Wildman–Crippen LogP) is 4.77. The van der Waals surface area contributed by atoms with E-state index >= 15 is 0 Å². The van der Waals surface area contributed by atoms with Gasteiger partial charge < -0.3 is 9.16 Å². The molecule has 0 atom stereocenters. The van der Waals surface area contributed by atoms with E-state index in [-0.39, 0.29) is 5.04 Å². The first-order valence-corrected chi connectivity index (χ1v) is 10.5. The Labute approximate surface area is 128 Å². The highest BCUT2D eigenvalue weighted by Gasteiger charge is 2.41. The first-order chi connectivity index (χ1) is 9.69. The van der Waals surface area contributed by atoms with E-state index in [4.69, 9.17) is 9.16 Å². The number of aldehydes is 1. The molecule has 0 saturated heterocycles. The van der Waals surface area contributed by atoms with Gasteiger partial charge in [0, 0.05) is 11.1 Å². The van der Waals surface area contributed by atoms with Crippen LogP contribution in [0.25, 0.3) is 0 Å². The lowest BCUT2D eigenvalue weighted by molar-refractivity contribution is 0.112. The van der Waals surface area contributed by atoms with Crippen LogP contribution in [0.1, 0.15) is 55.5 Å². The summed E-state index contributed by atoms with van der Waals surface area (Å²) in [5.41, 5.74) is 1.80. The molecule has 0 aliphatic heterocycles. The molecule has 2 rings (SSSR count). The summed E-state index contributed by atoms with van der Waals surface area (Å²) in [6.07, 6.45) is 3.21. The van der Waals surface area contributed by atoms with Gasteiger partial charge in [0.05, 0.1) is 7.11 Å². The zero-order valence-electron chi connectivity index (χ0n) is 13.9. The van der Waals surface area contributed by atoms with E-state index in [0.717, 1.165) is 17.6 Å². The topological polar surface area (TPSA) is 35.5 Å². The lowest BCUT2D eigenvalue weighted by Crippen LogP contribution is -2.44. The summed E-state index contributed by atoms with van der Waals surface area (Å²) >= 11 is 0. The molecule has 0 radical (unpaired) electrons. The minimum Gasteiger partial charge on any atom is -0.541 e. The molecule has 0 N–H and O–H groups in total. The number of rotatable bonds is 5. The number of hydrogen-bond acceptors (Lipinski definition) is 3. The highest BCUT2D eigenvalue weighted by Crippen LogP contribution is 2.50. The van der Waals surface area contributed by atoms with Gasteiger partial charge in [0.2, 0.25) is 0 Å². The van der Waals surface area contributed by atoms with Gasteiger partial charge in [-0.15, -0.1) is 0 Å². The fourth-order valence-corrected chi connectivity index (χ4v) is 3.12. The van der Waals surface area contributed by atoms with Crippen molar-refractivity contribution in [3.63, 3.8) is 0 Å². The van der Waals surface area contributed by atoms with Gasteiger partial charge in [-0.05, 0) is 49.0 Å². The Morgan fingerprint density at radius 1 is 1.24 bits per heavy atom. The number of methoxy groups -OCH3 is 1. The first kappa shape index (κ1) is 16.1. The Hall–Kier alpha value is -1.29. The van der Waals surface area contributed by atoms with Gasteiger partial charge in [-0.25, -0.2) is 0 Å².